The minimum atomic E-state index is -0.0997. The number of amidine groups is 1. The van der Waals surface area contributed by atoms with Crippen LogP contribution in [0.25, 0.3) is 0 Å². The molecule has 0 aromatic rings. The summed E-state index contributed by atoms with van der Waals surface area (Å²) in [6.45, 7) is 10.4. The van der Waals surface area contributed by atoms with Crippen molar-refractivity contribution in [2.75, 3.05) is 0 Å². The maximum atomic E-state index is 11.8. The molecule has 3 heteroatoms. The summed E-state index contributed by atoms with van der Waals surface area (Å²) in [5.41, 5.74) is 8.52. The monoisotopic (exact) mass is 262 g/mol. The Morgan fingerprint density at radius 2 is 2.11 bits per heavy atom. The predicted octanol–water partition coefficient (Wildman–Crippen LogP) is 3.46. The number of nitrogens with two attached hydrogens (primary N) is 1. The molecule has 3 nitrogen and oxygen atoms in total. The zero-order chi connectivity index (χ0) is 14.6. The van der Waals surface area contributed by atoms with Gasteiger partial charge in [0.15, 0.2) is 0 Å². The van der Waals surface area contributed by atoms with Crippen LogP contribution in [-0.4, -0.2) is 11.7 Å². The summed E-state index contributed by atoms with van der Waals surface area (Å²) in [6, 6.07) is 0. The first-order chi connectivity index (χ1) is 8.85. The van der Waals surface area contributed by atoms with Gasteiger partial charge in [0.05, 0.1) is 0 Å². The van der Waals surface area contributed by atoms with Crippen LogP contribution in [0.3, 0.4) is 0 Å². The molecule has 0 heterocycles. The highest BCUT2D eigenvalue weighted by Gasteiger charge is 2.24. The van der Waals surface area contributed by atoms with Crippen LogP contribution in [0.5, 0.6) is 0 Å². The second kappa shape index (κ2) is 6.69. The normalized spacial score (nSPS) is 25.6. The van der Waals surface area contributed by atoms with Crippen molar-refractivity contribution in [2.45, 2.75) is 47.5 Å². The van der Waals surface area contributed by atoms with Crippen molar-refractivity contribution >= 4 is 11.7 Å². The minimum absolute atomic E-state index is 0.0471. The molecule has 1 aliphatic carbocycles. The van der Waals surface area contributed by atoms with Crippen molar-refractivity contribution in [3.8, 4) is 0 Å². The van der Waals surface area contributed by atoms with Crippen molar-refractivity contribution in [1.29, 1.82) is 0 Å². The molecule has 2 N–H and O–H groups in total. The van der Waals surface area contributed by atoms with Gasteiger partial charge in [-0.3, -0.25) is 4.79 Å². The molecule has 1 amide bonds. The molecule has 0 radical (unpaired) electrons. The average molecular weight is 262 g/mol. The van der Waals surface area contributed by atoms with Gasteiger partial charge < -0.3 is 5.73 Å². The minimum Gasteiger partial charge on any atom is -0.387 e. The molecule has 1 aliphatic rings. The highest BCUT2D eigenvalue weighted by Crippen LogP contribution is 2.28. The van der Waals surface area contributed by atoms with Crippen LogP contribution in [0.2, 0.25) is 0 Å². The molecule has 2 unspecified atom stereocenters. The van der Waals surface area contributed by atoms with Crippen molar-refractivity contribution in [3.05, 3.63) is 23.3 Å². The fourth-order valence-electron chi connectivity index (χ4n) is 2.30. The third kappa shape index (κ3) is 4.34. The molecule has 0 aromatic heterocycles. The van der Waals surface area contributed by atoms with Crippen LogP contribution < -0.4 is 5.73 Å². The third-order valence-electron chi connectivity index (χ3n) is 3.97. The second-order valence-electron chi connectivity index (χ2n) is 5.76. The van der Waals surface area contributed by atoms with E-state index in [1.54, 1.807) is 0 Å². The van der Waals surface area contributed by atoms with Gasteiger partial charge in [-0.1, -0.05) is 50.5 Å². The lowest BCUT2D eigenvalue weighted by molar-refractivity contribution is -0.118. The van der Waals surface area contributed by atoms with Crippen LogP contribution in [0, 0.1) is 17.8 Å². The van der Waals surface area contributed by atoms with Crippen LogP contribution >= 0.6 is 0 Å². The van der Waals surface area contributed by atoms with Crippen molar-refractivity contribution < 1.29 is 4.79 Å². The molecule has 3 atom stereocenters. The van der Waals surface area contributed by atoms with Crippen LogP contribution in [0.15, 0.2) is 28.3 Å². The Balaban J connectivity index is 2.80. The van der Waals surface area contributed by atoms with E-state index in [0.717, 1.165) is 6.42 Å². The standard InChI is InChI=1S/C16H26N2O/c1-6-10(2)9-15(19)18-16(17)14-8-11(3)7-12(4)13(14)5/h7-8,10,13-14H,6,9H2,1-5H3,(H2,17,18,19)/t10-,13?,14?/m0/s1. The van der Waals surface area contributed by atoms with E-state index < -0.39 is 0 Å². The summed E-state index contributed by atoms with van der Waals surface area (Å²) in [5, 5.41) is 0. The molecule has 106 valence electrons. The lowest BCUT2D eigenvalue weighted by atomic mass is 9.81. The van der Waals surface area contributed by atoms with Crippen LogP contribution in [-0.2, 0) is 4.79 Å². The lowest BCUT2D eigenvalue weighted by Gasteiger charge is -2.25. The van der Waals surface area contributed by atoms with Crippen LogP contribution in [0.1, 0.15) is 47.5 Å². The number of carbonyl (C=O) groups is 1. The first-order valence-electron chi connectivity index (χ1n) is 7.08. The largest absolute Gasteiger partial charge is 0.387 e. The summed E-state index contributed by atoms with van der Waals surface area (Å²) in [7, 11) is 0. The van der Waals surface area contributed by atoms with Gasteiger partial charge in [0.25, 0.3) is 0 Å². The van der Waals surface area contributed by atoms with E-state index in [1.165, 1.54) is 11.1 Å². The molecule has 0 spiro atoms. The number of allylic oxidation sites excluding steroid dienone is 3. The SMILES string of the molecule is CC[C@H](C)CC(=O)/N=C(/N)C1C=C(C)C=C(C)C1C. The molecule has 0 bridgehead atoms. The van der Waals surface area contributed by atoms with Gasteiger partial charge >= 0.3 is 0 Å². The van der Waals surface area contributed by atoms with E-state index in [1.807, 2.05) is 0 Å². The zero-order valence-electron chi connectivity index (χ0n) is 12.7. The van der Waals surface area contributed by atoms with Gasteiger partial charge in [0.2, 0.25) is 5.91 Å². The number of hydrogen-bond acceptors (Lipinski definition) is 1. The summed E-state index contributed by atoms with van der Waals surface area (Å²) in [5.74, 6) is 1.08. The van der Waals surface area contributed by atoms with Gasteiger partial charge in [-0.25, -0.2) is 4.99 Å². The van der Waals surface area contributed by atoms with E-state index in [0.29, 0.717) is 24.1 Å². The summed E-state index contributed by atoms with van der Waals surface area (Å²) in [6.07, 6.45) is 5.74. The Morgan fingerprint density at radius 1 is 1.47 bits per heavy atom. The van der Waals surface area contributed by atoms with E-state index in [4.69, 9.17) is 5.73 Å². The van der Waals surface area contributed by atoms with E-state index in [2.05, 4.69) is 51.8 Å². The molecule has 0 saturated carbocycles. The van der Waals surface area contributed by atoms with E-state index in [9.17, 15) is 4.79 Å². The fourth-order valence-corrected chi connectivity index (χ4v) is 2.30. The second-order valence-corrected chi connectivity index (χ2v) is 5.76. The Hall–Kier alpha value is -1.38. The number of aliphatic imine (C=N–C) groups is 1. The number of amides is 1. The van der Waals surface area contributed by atoms with E-state index in [-0.39, 0.29) is 11.8 Å². The molecule has 0 fully saturated rings. The molecule has 0 saturated heterocycles. The van der Waals surface area contributed by atoms with Gasteiger partial charge in [0.1, 0.15) is 5.84 Å². The summed E-state index contributed by atoms with van der Waals surface area (Å²) < 4.78 is 0. The maximum absolute atomic E-state index is 11.8. The number of rotatable bonds is 4. The zero-order valence-corrected chi connectivity index (χ0v) is 12.7. The van der Waals surface area contributed by atoms with E-state index >= 15 is 0 Å². The Bertz CT molecular complexity index is 432. The fraction of sp³-hybridized carbons (Fsp3) is 0.625. The number of carbonyl (C=O) groups excluding carboxylic acids is 1. The molecule has 0 aliphatic heterocycles. The molecule has 0 aromatic carbocycles. The topological polar surface area (TPSA) is 55.5 Å². The Kier molecular flexibility index (Phi) is 5.52. The average Bonchev–Trinajstić information content (AvgIpc) is 2.33. The molecular weight excluding hydrogens is 236 g/mol. The Morgan fingerprint density at radius 3 is 2.68 bits per heavy atom. The molecular formula is C16H26N2O. The number of nitrogens with zero attached hydrogens (tertiary/aromatic N) is 1. The predicted molar refractivity (Wildman–Crippen MR) is 80.9 cm³/mol. The first kappa shape index (κ1) is 15.7. The lowest BCUT2D eigenvalue weighted by Crippen LogP contribution is -2.31. The van der Waals surface area contributed by atoms with Crippen LogP contribution in [0.4, 0.5) is 0 Å². The van der Waals surface area contributed by atoms with Gasteiger partial charge in [-0.2, -0.15) is 0 Å². The molecule has 19 heavy (non-hydrogen) atoms. The summed E-state index contributed by atoms with van der Waals surface area (Å²) >= 11 is 0. The van der Waals surface area contributed by atoms with Gasteiger partial charge in [0, 0.05) is 12.3 Å². The van der Waals surface area contributed by atoms with Crippen molar-refractivity contribution in [2.24, 2.45) is 28.5 Å². The van der Waals surface area contributed by atoms with Gasteiger partial charge in [-0.05, 0) is 25.7 Å². The quantitative estimate of drug-likeness (QED) is 0.623. The van der Waals surface area contributed by atoms with Gasteiger partial charge in [-0.15, -0.1) is 0 Å². The molecule has 1 rings (SSSR count). The first-order valence-corrected chi connectivity index (χ1v) is 7.08. The highest BCUT2D eigenvalue weighted by atomic mass is 16.1. The Labute approximate surface area is 116 Å². The maximum Gasteiger partial charge on any atom is 0.247 e. The van der Waals surface area contributed by atoms with Crippen molar-refractivity contribution in [3.63, 3.8) is 0 Å². The highest BCUT2D eigenvalue weighted by molar-refractivity contribution is 5.96. The third-order valence-corrected chi connectivity index (χ3v) is 3.97. The van der Waals surface area contributed by atoms with Crippen molar-refractivity contribution in [1.82, 2.24) is 0 Å². The summed E-state index contributed by atoms with van der Waals surface area (Å²) in [4.78, 5) is 15.9. The smallest absolute Gasteiger partial charge is 0.247 e. The number of hydrogen-bond donors (Lipinski definition) is 1.